The summed E-state index contributed by atoms with van der Waals surface area (Å²) in [5, 5.41) is 6.06. The Morgan fingerprint density at radius 3 is 2.79 bits per heavy atom. The van der Waals surface area contributed by atoms with Crippen molar-refractivity contribution in [2.45, 2.75) is 13.0 Å². The van der Waals surface area contributed by atoms with Gasteiger partial charge in [0.2, 0.25) is 5.91 Å². The topological polar surface area (TPSA) is 65.2 Å². The molecule has 29 heavy (non-hydrogen) atoms. The SMILES string of the molecule is CN=C(NCc1cn2ccsc2n1)N1CCN(C(=O)Cc2cccc(Cl)c2)CC1. The fourth-order valence-electron chi connectivity index (χ4n) is 3.46. The van der Waals surface area contributed by atoms with Crippen LogP contribution >= 0.6 is 22.9 Å². The number of hydrogen-bond donors (Lipinski definition) is 1. The van der Waals surface area contributed by atoms with Crippen molar-refractivity contribution in [1.29, 1.82) is 0 Å². The third kappa shape index (κ3) is 4.71. The molecule has 1 aliphatic heterocycles. The number of amides is 1. The molecule has 0 bridgehead atoms. The van der Waals surface area contributed by atoms with Crippen LogP contribution in [0.4, 0.5) is 0 Å². The fourth-order valence-corrected chi connectivity index (χ4v) is 4.40. The van der Waals surface area contributed by atoms with E-state index in [0.29, 0.717) is 31.1 Å². The molecule has 1 aliphatic rings. The molecular formula is C20H23ClN6OS. The van der Waals surface area contributed by atoms with Crippen LogP contribution in [0.1, 0.15) is 11.3 Å². The summed E-state index contributed by atoms with van der Waals surface area (Å²) in [5.74, 6) is 0.969. The highest BCUT2D eigenvalue weighted by molar-refractivity contribution is 7.15. The van der Waals surface area contributed by atoms with Gasteiger partial charge in [0, 0.05) is 56.0 Å². The number of rotatable bonds is 4. The number of halogens is 1. The first-order valence-corrected chi connectivity index (χ1v) is 10.8. The van der Waals surface area contributed by atoms with Gasteiger partial charge in [0.05, 0.1) is 18.7 Å². The number of benzene rings is 1. The summed E-state index contributed by atoms with van der Waals surface area (Å²) in [6.07, 6.45) is 4.41. The number of guanidine groups is 1. The van der Waals surface area contributed by atoms with Gasteiger partial charge in [-0.3, -0.25) is 14.2 Å². The quantitative estimate of drug-likeness (QED) is 0.510. The number of hydrogen-bond acceptors (Lipinski definition) is 4. The number of aliphatic imine (C=N–C) groups is 1. The van der Waals surface area contributed by atoms with Gasteiger partial charge in [0.1, 0.15) is 0 Å². The molecule has 1 saturated heterocycles. The number of piperazine rings is 1. The molecule has 0 spiro atoms. The number of nitrogens with zero attached hydrogens (tertiary/aromatic N) is 5. The second-order valence-electron chi connectivity index (χ2n) is 6.90. The molecule has 3 aromatic rings. The Balaban J connectivity index is 1.28. The number of aromatic nitrogens is 2. The van der Waals surface area contributed by atoms with Crippen molar-refractivity contribution in [3.8, 4) is 0 Å². The molecule has 1 amide bonds. The predicted octanol–water partition coefficient (Wildman–Crippen LogP) is 2.51. The van der Waals surface area contributed by atoms with E-state index in [0.717, 1.165) is 35.3 Å². The standard InChI is InChI=1S/C20H23ClN6OS/c1-22-19(23-13-17-14-27-9-10-29-20(27)24-17)26-7-5-25(6-8-26)18(28)12-15-3-2-4-16(21)11-15/h2-4,9-11,14H,5-8,12-13H2,1H3,(H,22,23). The van der Waals surface area contributed by atoms with Crippen LogP contribution in [0.5, 0.6) is 0 Å². The zero-order valence-electron chi connectivity index (χ0n) is 16.2. The molecule has 4 rings (SSSR count). The zero-order chi connectivity index (χ0) is 20.2. The minimum atomic E-state index is 0.132. The molecule has 9 heteroatoms. The highest BCUT2D eigenvalue weighted by Crippen LogP contribution is 2.14. The third-order valence-electron chi connectivity index (χ3n) is 4.96. The van der Waals surface area contributed by atoms with Gasteiger partial charge in [0.25, 0.3) is 0 Å². The van der Waals surface area contributed by atoms with E-state index in [1.54, 1.807) is 18.4 Å². The molecule has 0 aliphatic carbocycles. The summed E-state index contributed by atoms with van der Waals surface area (Å²) < 4.78 is 2.02. The number of carbonyl (C=O) groups excluding carboxylic acids is 1. The molecule has 1 fully saturated rings. The van der Waals surface area contributed by atoms with E-state index in [1.165, 1.54) is 0 Å². The Morgan fingerprint density at radius 2 is 2.07 bits per heavy atom. The average Bonchev–Trinajstić information content (AvgIpc) is 3.31. The smallest absolute Gasteiger partial charge is 0.227 e. The summed E-state index contributed by atoms with van der Waals surface area (Å²) in [7, 11) is 1.78. The minimum absolute atomic E-state index is 0.132. The Labute approximate surface area is 178 Å². The van der Waals surface area contributed by atoms with Gasteiger partial charge in [0.15, 0.2) is 10.9 Å². The van der Waals surface area contributed by atoms with Crippen LogP contribution in [0, 0.1) is 0 Å². The second kappa shape index (κ2) is 8.84. The van der Waals surface area contributed by atoms with E-state index < -0.39 is 0 Å². The molecule has 2 aromatic heterocycles. The molecule has 152 valence electrons. The average molecular weight is 431 g/mol. The van der Waals surface area contributed by atoms with E-state index in [2.05, 4.69) is 20.2 Å². The first-order chi connectivity index (χ1) is 14.1. The van der Waals surface area contributed by atoms with Gasteiger partial charge >= 0.3 is 0 Å². The van der Waals surface area contributed by atoms with Crippen LogP contribution in [0.2, 0.25) is 5.02 Å². The lowest BCUT2D eigenvalue weighted by molar-refractivity contribution is -0.131. The molecule has 1 N–H and O–H groups in total. The lowest BCUT2D eigenvalue weighted by Gasteiger charge is -2.36. The van der Waals surface area contributed by atoms with Crippen LogP contribution < -0.4 is 5.32 Å². The van der Waals surface area contributed by atoms with Crippen molar-refractivity contribution in [2.75, 3.05) is 33.2 Å². The van der Waals surface area contributed by atoms with E-state index in [4.69, 9.17) is 11.6 Å². The molecular weight excluding hydrogens is 408 g/mol. The number of thiazole rings is 1. The van der Waals surface area contributed by atoms with Crippen LogP contribution in [0.25, 0.3) is 4.96 Å². The van der Waals surface area contributed by atoms with Gasteiger partial charge in [-0.25, -0.2) is 4.98 Å². The summed E-state index contributed by atoms with van der Waals surface area (Å²) in [6, 6.07) is 7.48. The van der Waals surface area contributed by atoms with Crippen molar-refractivity contribution < 1.29 is 4.79 Å². The number of fused-ring (bicyclic) bond motifs is 1. The van der Waals surface area contributed by atoms with E-state index >= 15 is 0 Å². The third-order valence-corrected chi connectivity index (χ3v) is 5.96. The number of nitrogens with one attached hydrogen (secondary N) is 1. The lowest BCUT2D eigenvalue weighted by atomic mass is 10.1. The fraction of sp³-hybridized carbons (Fsp3) is 0.350. The van der Waals surface area contributed by atoms with Gasteiger partial charge in [-0.15, -0.1) is 11.3 Å². The van der Waals surface area contributed by atoms with E-state index in [9.17, 15) is 4.79 Å². The van der Waals surface area contributed by atoms with Crippen molar-refractivity contribution in [1.82, 2.24) is 24.5 Å². The predicted molar refractivity (Wildman–Crippen MR) is 117 cm³/mol. The second-order valence-corrected chi connectivity index (χ2v) is 8.21. The van der Waals surface area contributed by atoms with E-state index in [1.807, 2.05) is 51.3 Å². The highest BCUT2D eigenvalue weighted by atomic mass is 35.5. The van der Waals surface area contributed by atoms with Gasteiger partial charge in [-0.05, 0) is 17.7 Å². The molecule has 0 unspecified atom stereocenters. The normalized spacial score (nSPS) is 15.2. The molecule has 1 aromatic carbocycles. The first-order valence-electron chi connectivity index (χ1n) is 9.51. The summed E-state index contributed by atoms with van der Waals surface area (Å²) >= 11 is 7.64. The maximum atomic E-state index is 12.6. The minimum Gasteiger partial charge on any atom is -0.351 e. The first kappa shape index (κ1) is 19.7. The van der Waals surface area contributed by atoms with Gasteiger partial charge < -0.3 is 15.1 Å². The monoisotopic (exact) mass is 430 g/mol. The van der Waals surface area contributed by atoms with E-state index in [-0.39, 0.29) is 5.91 Å². The maximum absolute atomic E-state index is 12.6. The lowest BCUT2D eigenvalue weighted by Crippen LogP contribution is -2.53. The van der Waals surface area contributed by atoms with Crippen molar-refractivity contribution >= 4 is 39.8 Å². The summed E-state index contributed by atoms with van der Waals surface area (Å²) in [4.78, 5) is 26.7. The molecule has 0 radical (unpaired) electrons. The van der Waals surface area contributed by atoms with Crippen molar-refractivity contribution in [3.05, 3.63) is 58.3 Å². The largest absolute Gasteiger partial charge is 0.351 e. The molecule has 7 nitrogen and oxygen atoms in total. The van der Waals surface area contributed by atoms with Gasteiger partial charge in [-0.1, -0.05) is 23.7 Å². The Kier molecular flexibility index (Phi) is 6.01. The van der Waals surface area contributed by atoms with Crippen LogP contribution in [0.15, 0.2) is 47.0 Å². The molecule has 3 heterocycles. The number of carbonyl (C=O) groups is 1. The Hall–Kier alpha value is -2.58. The zero-order valence-corrected chi connectivity index (χ0v) is 17.8. The summed E-state index contributed by atoms with van der Waals surface area (Å²) in [6.45, 7) is 3.48. The molecule has 0 atom stereocenters. The van der Waals surface area contributed by atoms with Crippen LogP contribution in [-0.4, -0.2) is 64.3 Å². The molecule has 0 saturated carbocycles. The summed E-state index contributed by atoms with van der Waals surface area (Å²) in [5.41, 5.74) is 1.93. The van der Waals surface area contributed by atoms with Crippen LogP contribution in [-0.2, 0) is 17.8 Å². The van der Waals surface area contributed by atoms with Crippen molar-refractivity contribution in [2.24, 2.45) is 4.99 Å². The Morgan fingerprint density at radius 1 is 1.28 bits per heavy atom. The Bertz CT molecular complexity index is 992. The maximum Gasteiger partial charge on any atom is 0.227 e. The highest BCUT2D eigenvalue weighted by Gasteiger charge is 2.23. The van der Waals surface area contributed by atoms with Crippen molar-refractivity contribution in [3.63, 3.8) is 0 Å². The van der Waals surface area contributed by atoms with Crippen LogP contribution in [0.3, 0.4) is 0 Å². The number of imidazole rings is 1. The van der Waals surface area contributed by atoms with Gasteiger partial charge in [-0.2, -0.15) is 0 Å².